The van der Waals surface area contributed by atoms with Crippen LogP contribution in [0.1, 0.15) is 23.0 Å². The van der Waals surface area contributed by atoms with Crippen molar-refractivity contribution in [2.75, 3.05) is 6.61 Å². The minimum Gasteiger partial charge on any atom is -0.462 e. The van der Waals surface area contributed by atoms with E-state index in [1.54, 1.807) is 25.3 Å². The lowest BCUT2D eigenvalue weighted by atomic mass is 10.2. The first kappa shape index (κ1) is 10.9. The molecule has 0 bridgehead atoms. The molecule has 0 saturated heterocycles. The molecule has 0 amide bonds. The molecule has 0 saturated carbocycles. The summed E-state index contributed by atoms with van der Waals surface area (Å²) in [5.74, 6) is -0.373. The maximum absolute atomic E-state index is 11.4. The second kappa shape index (κ2) is 5.57. The molecular formula is C9H11ClN2O2. The minimum atomic E-state index is -0.373. The smallest absolute Gasteiger partial charge is 0.340 e. The highest BCUT2D eigenvalue weighted by Crippen LogP contribution is 2.07. The van der Waals surface area contributed by atoms with Gasteiger partial charge in [-0.3, -0.25) is 4.98 Å². The van der Waals surface area contributed by atoms with Crippen molar-refractivity contribution in [1.82, 2.24) is 9.82 Å². The number of halogens is 1. The lowest BCUT2D eigenvalue weighted by Gasteiger charge is -2.05. The fourth-order valence-electron chi connectivity index (χ4n) is 1.04. The SMILES string of the molecule is CCOC(=O)c1cccnc1CNCl. The summed E-state index contributed by atoms with van der Waals surface area (Å²) in [4.78, 5) is 17.9. The third kappa shape index (κ3) is 2.68. The van der Waals surface area contributed by atoms with Crippen LogP contribution in [-0.4, -0.2) is 17.6 Å². The van der Waals surface area contributed by atoms with E-state index in [0.717, 1.165) is 0 Å². The Balaban J connectivity index is 2.88. The zero-order valence-corrected chi connectivity index (χ0v) is 8.54. The Morgan fingerprint density at radius 1 is 1.71 bits per heavy atom. The molecule has 1 aromatic rings. The number of carbonyl (C=O) groups excluding carboxylic acids is 1. The number of hydrogen-bond donors (Lipinski definition) is 1. The Hall–Kier alpha value is -1.13. The predicted octanol–water partition coefficient (Wildman–Crippen LogP) is 1.50. The number of rotatable bonds is 4. The summed E-state index contributed by atoms with van der Waals surface area (Å²) in [7, 11) is 0. The molecule has 76 valence electrons. The van der Waals surface area contributed by atoms with E-state index in [1.807, 2.05) is 0 Å². The standard InChI is InChI=1S/C9H11ClN2O2/c1-2-14-9(13)7-4-3-5-11-8(7)6-12-10/h3-5,12H,2,6H2,1H3. The van der Waals surface area contributed by atoms with Gasteiger partial charge < -0.3 is 4.74 Å². The highest BCUT2D eigenvalue weighted by molar-refractivity contribution is 6.13. The fraction of sp³-hybridized carbons (Fsp3) is 0.333. The van der Waals surface area contributed by atoms with Crippen LogP contribution in [0.3, 0.4) is 0 Å². The van der Waals surface area contributed by atoms with Crippen LogP contribution in [-0.2, 0) is 11.3 Å². The van der Waals surface area contributed by atoms with E-state index in [9.17, 15) is 4.79 Å². The Kier molecular flexibility index (Phi) is 4.35. The van der Waals surface area contributed by atoms with E-state index in [2.05, 4.69) is 9.82 Å². The van der Waals surface area contributed by atoms with Crippen LogP contribution in [0.5, 0.6) is 0 Å². The van der Waals surface area contributed by atoms with Crippen molar-refractivity contribution >= 4 is 17.7 Å². The Morgan fingerprint density at radius 2 is 2.50 bits per heavy atom. The van der Waals surface area contributed by atoms with Crippen molar-refractivity contribution in [3.63, 3.8) is 0 Å². The van der Waals surface area contributed by atoms with Gasteiger partial charge in [0.05, 0.1) is 24.4 Å². The molecule has 0 aliphatic heterocycles. The molecule has 1 N–H and O–H groups in total. The second-order valence-corrected chi connectivity index (χ2v) is 2.80. The molecule has 0 unspecified atom stereocenters. The van der Waals surface area contributed by atoms with Gasteiger partial charge in [0.15, 0.2) is 0 Å². The van der Waals surface area contributed by atoms with Gasteiger partial charge in [0, 0.05) is 6.20 Å². The van der Waals surface area contributed by atoms with Crippen LogP contribution in [0, 0.1) is 0 Å². The van der Waals surface area contributed by atoms with Gasteiger partial charge >= 0.3 is 5.97 Å². The summed E-state index contributed by atoms with van der Waals surface area (Å²) in [6.45, 7) is 2.44. The van der Waals surface area contributed by atoms with Crippen molar-refractivity contribution in [2.45, 2.75) is 13.5 Å². The number of pyridine rings is 1. The summed E-state index contributed by atoms with van der Waals surface area (Å²) in [5.41, 5.74) is 1.03. The normalized spacial score (nSPS) is 9.86. The summed E-state index contributed by atoms with van der Waals surface area (Å²) < 4.78 is 4.87. The third-order valence-corrected chi connectivity index (χ3v) is 1.75. The number of carbonyl (C=O) groups is 1. The van der Waals surface area contributed by atoms with Gasteiger partial charge in [-0.1, -0.05) is 0 Å². The molecule has 1 heterocycles. The molecule has 1 aromatic heterocycles. The zero-order chi connectivity index (χ0) is 10.4. The third-order valence-electron chi connectivity index (χ3n) is 1.62. The second-order valence-electron chi connectivity index (χ2n) is 2.53. The lowest BCUT2D eigenvalue weighted by Crippen LogP contribution is -2.12. The average molecular weight is 215 g/mol. The van der Waals surface area contributed by atoms with Gasteiger partial charge in [0.25, 0.3) is 0 Å². The van der Waals surface area contributed by atoms with Gasteiger partial charge in [-0.25, -0.2) is 9.63 Å². The maximum atomic E-state index is 11.4. The van der Waals surface area contributed by atoms with E-state index < -0.39 is 0 Å². The van der Waals surface area contributed by atoms with E-state index in [1.165, 1.54) is 0 Å². The summed E-state index contributed by atoms with van der Waals surface area (Å²) in [6.07, 6.45) is 1.60. The van der Waals surface area contributed by atoms with Crippen LogP contribution in [0.2, 0.25) is 0 Å². The van der Waals surface area contributed by atoms with Crippen LogP contribution in [0.4, 0.5) is 0 Å². The molecule has 0 aliphatic rings. The average Bonchev–Trinajstić information content (AvgIpc) is 2.19. The fourth-order valence-corrected chi connectivity index (χ4v) is 1.16. The van der Waals surface area contributed by atoms with Crippen LogP contribution < -0.4 is 4.84 Å². The van der Waals surface area contributed by atoms with Gasteiger partial charge in [0.1, 0.15) is 0 Å². The molecule has 0 aromatic carbocycles. The Labute approximate surface area is 87.4 Å². The Morgan fingerprint density at radius 3 is 3.14 bits per heavy atom. The number of nitrogens with zero attached hydrogens (tertiary/aromatic N) is 1. The van der Waals surface area contributed by atoms with Gasteiger partial charge in [-0.15, -0.1) is 0 Å². The first-order valence-corrected chi connectivity index (χ1v) is 4.62. The molecule has 0 radical (unpaired) electrons. The highest BCUT2D eigenvalue weighted by Gasteiger charge is 2.11. The largest absolute Gasteiger partial charge is 0.462 e. The predicted molar refractivity (Wildman–Crippen MR) is 52.9 cm³/mol. The number of nitrogens with one attached hydrogen (secondary N) is 1. The van der Waals surface area contributed by atoms with Crippen molar-refractivity contribution in [3.8, 4) is 0 Å². The van der Waals surface area contributed by atoms with E-state index in [0.29, 0.717) is 24.4 Å². The summed E-state index contributed by atoms with van der Waals surface area (Å²) >= 11 is 5.35. The maximum Gasteiger partial charge on any atom is 0.340 e. The first-order chi connectivity index (χ1) is 6.79. The van der Waals surface area contributed by atoms with Gasteiger partial charge in [-0.2, -0.15) is 0 Å². The molecule has 0 atom stereocenters. The van der Waals surface area contributed by atoms with Crippen molar-refractivity contribution in [3.05, 3.63) is 29.6 Å². The molecule has 0 aliphatic carbocycles. The van der Waals surface area contributed by atoms with Gasteiger partial charge in [0.2, 0.25) is 0 Å². The molecule has 4 nitrogen and oxygen atoms in total. The molecule has 1 rings (SSSR count). The summed E-state index contributed by atoms with van der Waals surface area (Å²) in [5, 5.41) is 0. The quantitative estimate of drug-likeness (QED) is 0.610. The lowest BCUT2D eigenvalue weighted by molar-refractivity contribution is 0.0524. The van der Waals surface area contributed by atoms with Crippen molar-refractivity contribution in [1.29, 1.82) is 0 Å². The number of ether oxygens (including phenoxy) is 1. The molecule has 0 spiro atoms. The topological polar surface area (TPSA) is 51.2 Å². The first-order valence-electron chi connectivity index (χ1n) is 4.24. The highest BCUT2D eigenvalue weighted by atomic mass is 35.5. The van der Waals surface area contributed by atoms with Crippen LogP contribution in [0.25, 0.3) is 0 Å². The zero-order valence-electron chi connectivity index (χ0n) is 7.79. The van der Waals surface area contributed by atoms with Crippen LogP contribution >= 0.6 is 11.8 Å². The number of hydrogen-bond acceptors (Lipinski definition) is 4. The molecule has 0 fully saturated rings. The van der Waals surface area contributed by atoms with Crippen LogP contribution in [0.15, 0.2) is 18.3 Å². The van der Waals surface area contributed by atoms with E-state index in [4.69, 9.17) is 16.5 Å². The molecular weight excluding hydrogens is 204 g/mol. The minimum absolute atomic E-state index is 0.330. The van der Waals surface area contributed by atoms with E-state index >= 15 is 0 Å². The van der Waals surface area contributed by atoms with Crippen molar-refractivity contribution < 1.29 is 9.53 Å². The van der Waals surface area contributed by atoms with E-state index in [-0.39, 0.29) is 5.97 Å². The monoisotopic (exact) mass is 214 g/mol. The number of aromatic nitrogens is 1. The Bertz CT molecular complexity index is 317. The molecule has 5 heteroatoms. The summed E-state index contributed by atoms with van der Waals surface area (Å²) in [6, 6.07) is 3.35. The van der Waals surface area contributed by atoms with Gasteiger partial charge in [-0.05, 0) is 30.8 Å². The van der Waals surface area contributed by atoms with Crippen molar-refractivity contribution in [2.24, 2.45) is 0 Å². The molecule has 14 heavy (non-hydrogen) atoms. The number of esters is 1.